The van der Waals surface area contributed by atoms with Crippen molar-refractivity contribution in [1.82, 2.24) is 9.29 Å². The lowest BCUT2D eigenvalue weighted by molar-refractivity contribution is 0.0982. The molecule has 0 radical (unpaired) electrons. The lowest BCUT2D eigenvalue weighted by Gasteiger charge is -2.38. The first kappa shape index (κ1) is 17.8. The van der Waals surface area contributed by atoms with Crippen molar-refractivity contribution in [3.05, 3.63) is 58.4 Å². The number of aromatic nitrogens is 1. The molecule has 1 aromatic heterocycles. The molecule has 0 unspecified atom stereocenters. The van der Waals surface area contributed by atoms with E-state index in [1.807, 2.05) is 35.2 Å². The van der Waals surface area contributed by atoms with Crippen molar-refractivity contribution >= 4 is 35.1 Å². The molecule has 2 aromatic rings. The zero-order valence-corrected chi connectivity index (χ0v) is 16.8. The number of rotatable bonds is 4. The summed E-state index contributed by atoms with van der Waals surface area (Å²) in [6.45, 7) is 8.37. The maximum absolute atomic E-state index is 13.1. The van der Waals surface area contributed by atoms with E-state index >= 15 is 0 Å². The van der Waals surface area contributed by atoms with Gasteiger partial charge < -0.3 is 0 Å². The molecular weight excluding hydrogens is 366 g/mol. The Labute approximate surface area is 163 Å². The number of benzene rings is 1. The van der Waals surface area contributed by atoms with Gasteiger partial charge in [0.2, 0.25) is 0 Å². The highest BCUT2D eigenvalue weighted by Gasteiger charge is 2.44. The van der Waals surface area contributed by atoms with Crippen molar-refractivity contribution in [2.75, 3.05) is 23.7 Å². The molecule has 136 valence electrons. The maximum atomic E-state index is 13.1. The molecule has 0 spiro atoms. The third kappa shape index (κ3) is 2.82. The third-order valence-electron chi connectivity index (χ3n) is 5.27. The second-order valence-electron chi connectivity index (χ2n) is 7.33. The van der Waals surface area contributed by atoms with E-state index in [1.54, 1.807) is 12.3 Å². The standard InChI is InChI=1S/C20H22ClN3OS/c1-4-26-23-11-14(12-23)13-7-16(10-22-9-13)24-19(25)17-6-5-15(21)8-18(17)20(24,2)3/h5-10,14H,4,11-12H2,1-3H3. The number of halogens is 1. The van der Waals surface area contributed by atoms with Crippen LogP contribution in [0.25, 0.3) is 0 Å². The van der Waals surface area contributed by atoms with Crippen molar-refractivity contribution in [2.45, 2.75) is 32.2 Å². The van der Waals surface area contributed by atoms with Crippen LogP contribution >= 0.6 is 23.5 Å². The molecule has 0 aliphatic carbocycles. The normalized spacial score (nSPS) is 19.5. The molecule has 0 atom stereocenters. The summed E-state index contributed by atoms with van der Waals surface area (Å²) >= 11 is 8.05. The first-order valence-electron chi connectivity index (χ1n) is 8.89. The van der Waals surface area contributed by atoms with Crippen LogP contribution in [0.15, 0.2) is 36.7 Å². The molecule has 3 heterocycles. The average molecular weight is 388 g/mol. The average Bonchev–Trinajstić information content (AvgIpc) is 2.76. The topological polar surface area (TPSA) is 36.4 Å². The van der Waals surface area contributed by atoms with Crippen LogP contribution in [0.1, 0.15) is 48.2 Å². The maximum Gasteiger partial charge on any atom is 0.259 e. The van der Waals surface area contributed by atoms with E-state index in [0.717, 1.165) is 35.7 Å². The summed E-state index contributed by atoms with van der Waals surface area (Å²) in [7, 11) is 0. The van der Waals surface area contributed by atoms with Gasteiger partial charge in [0.05, 0.1) is 17.4 Å². The highest BCUT2D eigenvalue weighted by Crippen LogP contribution is 2.43. The van der Waals surface area contributed by atoms with Crippen LogP contribution in [0.5, 0.6) is 0 Å². The lowest BCUT2D eigenvalue weighted by atomic mass is 9.92. The van der Waals surface area contributed by atoms with E-state index in [-0.39, 0.29) is 5.91 Å². The van der Waals surface area contributed by atoms with Gasteiger partial charge in [0.15, 0.2) is 0 Å². The molecule has 0 saturated carbocycles. The van der Waals surface area contributed by atoms with Gasteiger partial charge in [0.1, 0.15) is 0 Å². The van der Waals surface area contributed by atoms with Gasteiger partial charge in [0.25, 0.3) is 5.91 Å². The van der Waals surface area contributed by atoms with Crippen molar-refractivity contribution in [3.63, 3.8) is 0 Å². The minimum absolute atomic E-state index is 0.0115. The van der Waals surface area contributed by atoms with Crippen molar-refractivity contribution < 1.29 is 4.79 Å². The summed E-state index contributed by atoms with van der Waals surface area (Å²) in [4.78, 5) is 19.4. The molecule has 4 rings (SSSR count). The Morgan fingerprint density at radius 2 is 2.04 bits per heavy atom. The Hall–Kier alpha value is -1.56. The first-order chi connectivity index (χ1) is 12.4. The molecule has 26 heavy (non-hydrogen) atoms. The van der Waals surface area contributed by atoms with Gasteiger partial charge in [0, 0.05) is 41.5 Å². The van der Waals surface area contributed by atoms with Crippen LogP contribution in [0, 0.1) is 0 Å². The largest absolute Gasteiger partial charge is 0.297 e. The highest BCUT2D eigenvalue weighted by atomic mass is 35.5. The van der Waals surface area contributed by atoms with Crippen molar-refractivity contribution in [2.24, 2.45) is 0 Å². The summed E-state index contributed by atoms with van der Waals surface area (Å²) in [5.41, 5.74) is 3.29. The van der Waals surface area contributed by atoms with Crippen molar-refractivity contribution in [3.8, 4) is 0 Å². The Bertz CT molecular complexity index is 864. The predicted molar refractivity (Wildman–Crippen MR) is 108 cm³/mol. The fraction of sp³-hybridized carbons (Fsp3) is 0.400. The van der Waals surface area contributed by atoms with E-state index in [1.165, 1.54) is 5.56 Å². The van der Waals surface area contributed by atoms with E-state index < -0.39 is 5.54 Å². The fourth-order valence-corrected chi connectivity index (χ4v) is 4.98. The number of hydrogen-bond donors (Lipinski definition) is 0. The van der Waals surface area contributed by atoms with Crippen LogP contribution < -0.4 is 4.90 Å². The molecule has 0 N–H and O–H groups in total. The molecule has 1 aromatic carbocycles. The molecule has 2 aliphatic heterocycles. The quantitative estimate of drug-likeness (QED) is 0.712. The minimum Gasteiger partial charge on any atom is -0.297 e. The van der Waals surface area contributed by atoms with Crippen LogP contribution in [0.4, 0.5) is 5.69 Å². The molecular formula is C20H22ClN3OS. The van der Waals surface area contributed by atoms with Crippen LogP contribution in [0.3, 0.4) is 0 Å². The summed E-state index contributed by atoms with van der Waals surface area (Å²) in [5.74, 6) is 1.60. The van der Waals surface area contributed by atoms with E-state index in [2.05, 4.69) is 36.1 Å². The second kappa shape index (κ2) is 6.55. The van der Waals surface area contributed by atoms with Gasteiger partial charge >= 0.3 is 0 Å². The number of carbonyl (C=O) groups is 1. The Kier molecular flexibility index (Phi) is 4.49. The Morgan fingerprint density at radius 1 is 1.27 bits per heavy atom. The van der Waals surface area contributed by atoms with Crippen molar-refractivity contribution in [1.29, 1.82) is 0 Å². The van der Waals surface area contributed by atoms with Gasteiger partial charge in [-0.25, -0.2) is 4.31 Å². The summed E-state index contributed by atoms with van der Waals surface area (Å²) in [6.07, 6.45) is 3.72. The van der Waals surface area contributed by atoms with Gasteiger partial charge in [-0.2, -0.15) is 0 Å². The lowest BCUT2D eigenvalue weighted by Crippen LogP contribution is -2.41. The second-order valence-corrected chi connectivity index (χ2v) is 9.12. The van der Waals surface area contributed by atoms with Gasteiger partial charge in [-0.15, -0.1) is 0 Å². The molecule has 0 bridgehead atoms. The molecule has 4 nitrogen and oxygen atoms in total. The summed E-state index contributed by atoms with van der Waals surface area (Å²) in [6, 6.07) is 7.63. The summed E-state index contributed by atoms with van der Waals surface area (Å²) < 4.78 is 2.38. The Morgan fingerprint density at radius 3 is 2.77 bits per heavy atom. The highest BCUT2D eigenvalue weighted by molar-refractivity contribution is 7.97. The molecule has 1 amide bonds. The number of carbonyl (C=O) groups excluding carboxylic acids is 1. The van der Waals surface area contributed by atoms with Crippen LogP contribution in [-0.2, 0) is 5.54 Å². The fourth-order valence-electron chi connectivity index (χ4n) is 3.87. The monoisotopic (exact) mass is 387 g/mol. The minimum atomic E-state index is -0.457. The number of anilines is 1. The van der Waals surface area contributed by atoms with Gasteiger partial charge in [-0.3, -0.25) is 14.7 Å². The molecule has 6 heteroatoms. The van der Waals surface area contributed by atoms with E-state index in [4.69, 9.17) is 11.6 Å². The summed E-state index contributed by atoms with van der Waals surface area (Å²) in [5, 5.41) is 0.654. The van der Waals surface area contributed by atoms with E-state index in [9.17, 15) is 4.79 Å². The number of pyridine rings is 1. The van der Waals surface area contributed by atoms with Gasteiger partial charge in [-0.1, -0.05) is 30.5 Å². The molecule has 1 fully saturated rings. The first-order valence-corrected chi connectivity index (χ1v) is 10.2. The van der Waals surface area contributed by atoms with Gasteiger partial charge in [-0.05, 0) is 49.2 Å². The number of nitrogens with zero attached hydrogens (tertiary/aromatic N) is 3. The number of fused-ring (bicyclic) bond motifs is 1. The molecule has 2 aliphatic rings. The third-order valence-corrected chi connectivity index (χ3v) is 6.42. The zero-order chi connectivity index (χ0) is 18.5. The number of amides is 1. The van der Waals surface area contributed by atoms with E-state index in [0.29, 0.717) is 10.9 Å². The Balaban J connectivity index is 1.64. The van der Waals surface area contributed by atoms with Crippen LogP contribution in [-0.4, -0.2) is 34.0 Å². The SMILES string of the molecule is CCSN1CC(c2cncc(N3C(=O)c4ccc(Cl)cc4C3(C)C)c2)C1. The zero-order valence-electron chi connectivity index (χ0n) is 15.2. The smallest absolute Gasteiger partial charge is 0.259 e. The van der Waals surface area contributed by atoms with Crippen LogP contribution in [0.2, 0.25) is 5.02 Å². The number of hydrogen-bond acceptors (Lipinski definition) is 4. The predicted octanol–water partition coefficient (Wildman–Crippen LogP) is 4.70. The molecule has 1 saturated heterocycles.